The molecule has 5 heteroatoms. The average molecular weight is 169 g/mol. The molecular weight excluding hydrogens is 162 g/mol. The minimum absolute atomic E-state index is 0.288. The summed E-state index contributed by atoms with van der Waals surface area (Å²) in [7, 11) is 0. The standard InChI is InChI=1S/C7H7NO4/c9-6-4-1-3(7(10)11)2-5(4)12-8-6/h3H,1-2H2,(H,8,9)(H,10,11). The van der Waals surface area contributed by atoms with Crippen LogP contribution in [-0.2, 0) is 17.6 Å². The smallest absolute Gasteiger partial charge is 0.307 e. The number of H-pyrrole nitrogens is 1. The second-order valence-electron chi connectivity index (χ2n) is 2.88. The molecule has 2 N–H and O–H groups in total. The number of fused-ring (bicyclic) bond motifs is 1. The molecule has 0 saturated carbocycles. The van der Waals surface area contributed by atoms with Crippen molar-refractivity contribution < 1.29 is 14.4 Å². The predicted octanol–water partition coefficient (Wildman–Crippen LogP) is -0.233. The second-order valence-corrected chi connectivity index (χ2v) is 2.88. The number of rotatable bonds is 1. The number of carbonyl (C=O) groups is 1. The quantitative estimate of drug-likeness (QED) is 0.608. The van der Waals surface area contributed by atoms with Crippen molar-refractivity contribution >= 4 is 5.97 Å². The van der Waals surface area contributed by atoms with E-state index in [1.165, 1.54) is 0 Å². The molecule has 1 aliphatic carbocycles. The lowest BCUT2D eigenvalue weighted by atomic mass is 10.1. The Balaban J connectivity index is 2.34. The van der Waals surface area contributed by atoms with E-state index in [1.807, 2.05) is 0 Å². The van der Waals surface area contributed by atoms with Gasteiger partial charge in [0.05, 0.1) is 11.5 Å². The van der Waals surface area contributed by atoms with Gasteiger partial charge in [-0.1, -0.05) is 0 Å². The van der Waals surface area contributed by atoms with Crippen LogP contribution in [0.4, 0.5) is 0 Å². The fourth-order valence-corrected chi connectivity index (χ4v) is 1.45. The van der Waals surface area contributed by atoms with Gasteiger partial charge in [-0.15, -0.1) is 0 Å². The van der Waals surface area contributed by atoms with Gasteiger partial charge in [0.2, 0.25) is 0 Å². The van der Waals surface area contributed by atoms with Crippen molar-refractivity contribution in [3.05, 3.63) is 21.7 Å². The van der Waals surface area contributed by atoms with E-state index in [2.05, 4.69) is 5.16 Å². The number of carboxylic acids is 1. The third-order valence-corrected chi connectivity index (χ3v) is 2.11. The zero-order chi connectivity index (χ0) is 8.72. The molecule has 1 unspecified atom stereocenters. The van der Waals surface area contributed by atoms with Gasteiger partial charge in [0.1, 0.15) is 5.76 Å². The summed E-state index contributed by atoms with van der Waals surface area (Å²) in [5.74, 6) is -0.866. The zero-order valence-corrected chi connectivity index (χ0v) is 6.16. The van der Waals surface area contributed by atoms with Gasteiger partial charge in [-0.05, 0) is 6.42 Å². The van der Waals surface area contributed by atoms with Crippen LogP contribution in [0.5, 0.6) is 0 Å². The third kappa shape index (κ3) is 0.861. The molecule has 1 atom stereocenters. The molecule has 64 valence electrons. The summed E-state index contributed by atoms with van der Waals surface area (Å²) in [5.41, 5.74) is 0.191. The van der Waals surface area contributed by atoms with Gasteiger partial charge in [0.25, 0.3) is 5.56 Å². The molecule has 0 aromatic carbocycles. The normalized spacial score (nSPS) is 20.8. The lowest BCUT2D eigenvalue weighted by Crippen LogP contribution is -2.15. The summed E-state index contributed by atoms with van der Waals surface area (Å²) in [5, 5.41) is 10.8. The first kappa shape index (κ1) is 7.15. The summed E-state index contributed by atoms with van der Waals surface area (Å²) >= 11 is 0. The maximum absolute atomic E-state index is 10.9. The average Bonchev–Trinajstić information content (AvgIpc) is 2.53. The van der Waals surface area contributed by atoms with Crippen molar-refractivity contribution in [3.8, 4) is 0 Å². The van der Waals surface area contributed by atoms with Gasteiger partial charge in [0, 0.05) is 6.42 Å². The highest BCUT2D eigenvalue weighted by Crippen LogP contribution is 2.23. The molecule has 0 saturated heterocycles. The molecule has 1 aromatic heterocycles. The molecule has 1 aliphatic rings. The first-order chi connectivity index (χ1) is 5.68. The summed E-state index contributed by atoms with van der Waals surface area (Å²) < 4.78 is 4.79. The number of hydrogen-bond donors (Lipinski definition) is 2. The van der Waals surface area contributed by atoms with Gasteiger partial charge in [-0.3, -0.25) is 9.59 Å². The van der Waals surface area contributed by atoms with Crippen LogP contribution < -0.4 is 5.56 Å². The Morgan fingerprint density at radius 2 is 2.33 bits per heavy atom. The van der Waals surface area contributed by atoms with Crippen LogP contribution in [0.2, 0.25) is 0 Å². The number of aliphatic carboxylic acids is 1. The summed E-state index contributed by atoms with van der Waals surface area (Å²) in [4.78, 5) is 21.5. The number of aromatic amines is 1. The first-order valence-electron chi connectivity index (χ1n) is 3.60. The number of nitrogens with one attached hydrogen (secondary N) is 1. The van der Waals surface area contributed by atoms with Gasteiger partial charge in [0.15, 0.2) is 0 Å². The van der Waals surface area contributed by atoms with Crippen LogP contribution in [-0.4, -0.2) is 16.2 Å². The van der Waals surface area contributed by atoms with Crippen LogP contribution >= 0.6 is 0 Å². The Labute approximate surface area is 67.0 Å². The lowest BCUT2D eigenvalue weighted by Gasteiger charge is -1.98. The van der Waals surface area contributed by atoms with E-state index >= 15 is 0 Å². The lowest BCUT2D eigenvalue weighted by molar-refractivity contribution is -0.141. The van der Waals surface area contributed by atoms with E-state index in [1.54, 1.807) is 0 Å². The fraction of sp³-hybridized carbons (Fsp3) is 0.429. The van der Waals surface area contributed by atoms with Crippen molar-refractivity contribution in [3.63, 3.8) is 0 Å². The largest absolute Gasteiger partial charge is 0.481 e. The Kier molecular flexibility index (Phi) is 1.33. The molecule has 1 aromatic rings. The van der Waals surface area contributed by atoms with E-state index in [9.17, 15) is 9.59 Å². The van der Waals surface area contributed by atoms with Crippen molar-refractivity contribution in [2.75, 3.05) is 0 Å². The summed E-state index contributed by atoms with van der Waals surface area (Å²) in [6.07, 6.45) is 0.611. The van der Waals surface area contributed by atoms with Crippen LogP contribution in [0.15, 0.2) is 9.32 Å². The zero-order valence-electron chi connectivity index (χ0n) is 6.16. The minimum atomic E-state index is -0.874. The molecule has 0 bridgehead atoms. The highest BCUT2D eigenvalue weighted by molar-refractivity contribution is 5.71. The highest BCUT2D eigenvalue weighted by Gasteiger charge is 2.32. The summed E-state index contributed by atoms with van der Waals surface area (Å²) in [6, 6.07) is 0. The van der Waals surface area contributed by atoms with Crippen LogP contribution in [0.3, 0.4) is 0 Å². The van der Waals surface area contributed by atoms with Crippen molar-refractivity contribution in [1.82, 2.24) is 5.16 Å². The van der Waals surface area contributed by atoms with Gasteiger partial charge in [-0.2, -0.15) is 5.16 Å². The van der Waals surface area contributed by atoms with Crippen molar-refractivity contribution in [1.29, 1.82) is 0 Å². The van der Waals surface area contributed by atoms with E-state index < -0.39 is 11.9 Å². The van der Waals surface area contributed by atoms with E-state index in [0.29, 0.717) is 17.7 Å². The molecule has 2 rings (SSSR count). The second kappa shape index (κ2) is 2.23. The number of hydrogen-bond acceptors (Lipinski definition) is 3. The SMILES string of the molecule is O=C(O)C1Cc2o[nH]c(=O)c2C1. The maximum Gasteiger partial charge on any atom is 0.307 e. The van der Waals surface area contributed by atoms with E-state index in [0.717, 1.165) is 0 Å². The predicted molar refractivity (Wildman–Crippen MR) is 37.9 cm³/mol. The molecule has 0 aliphatic heterocycles. The first-order valence-corrected chi connectivity index (χ1v) is 3.60. The summed E-state index contributed by atoms with van der Waals surface area (Å²) in [6.45, 7) is 0. The Bertz CT molecular complexity index is 375. The van der Waals surface area contributed by atoms with Gasteiger partial charge < -0.3 is 9.63 Å². The number of aromatic nitrogens is 1. The minimum Gasteiger partial charge on any atom is -0.481 e. The molecule has 0 radical (unpaired) electrons. The van der Waals surface area contributed by atoms with Crippen LogP contribution in [0.1, 0.15) is 11.3 Å². The maximum atomic E-state index is 10.9. The van der Waals surface area contributed by atoms with Crippen LogP contribution in [0, 0.1) is 5.92 Å². The topological polar surface area (TPSA) is 83.3 Å². The van der Waals surface area contributed by atoms with Crippen molar-refractivity contribution in [2.24, 2.45) is 5.92 Å². The number of carboxylic acid groups (broad SMARTS) is 1. The Morgan fingerprint density at radius 1 is 1.58 bits per heavy atom. The molecule has 12 heavy (non-hydrogen) atoms. The van der Waals surface area contributed by atoms with Crippen molar-refractivity contribution in [2.45, 2.75) is 12.8 Å². The Morgan fingerprint density at radius 3 is 2.92 bits per heavy atom. The Hall–Kier alpha value is -1.52. The van der Waals surface area contributed by atoms with Gasteiger partial charge >= 0.3 is 5.97 Å². The molecule has 0 spiro atoms. The van der Waals surface area contributed by atoms with E-state index in [-0.39, 0.29) is 12.0 Å². The monoisotopic (exact) mass is 169 g/mol. The highest BCUT2D eigenvalue weighted by atomic mass is 16.5. The molecule has 0 amide bonds. The van der Waals surface area contributed by atoms with E-state index in [4.69, 9.17) is 9.63 Å². The fourth-order valence-electron chi connectivity index (χ4n) is 1.45. The van der Waals surface area contributed by atoms with Gasteiger partial charge in [-0.25, -0.2) is 0 Å². The third-order valence-electron chi connectivity index (χ3n) is 2.11. The molecule has 5 nitrogen and oxygen atoms in total. The molecule has 0 fully saturated rings. The molecule has 1 heterocycles. The molecular formula is C7H7NO4. The van der Waals surface area contributed by atoms with Crippen LogP contribution in [0.25, 0.3) is 0 Å².